The molecule has 8 nitrogen and oxygen atoms in total. The van der Waals surface area contributed by atoms with Crippen molar-refractivity contribution in [3.8, 4) is 5.88 Å². The molecule has 0 bridgehead atoms. The largest absolute Gasteiger partial charge is 0.467 e. The molecule has 3 aromatic heterocycles. The molecule has 1 aliphatic heterocycles. The van der Waals surface area contributed by atoms with Crippen LogP contribution in [0.15, 0.2) is 69.2 Å². The highest BCUT2D eigenvalue weighted by Gasteiger charge is 2.36. The van der Waals surface area contributed by atoms with Crippen LogP contribution < -0.4 is 4.74 Å². The first kappa shape index (κ1) is 19.6. The predicted octanol–water partition coefficient (Wildman–Crippen LogP) is 4.88. The van der Waals surface area contributed by atoms with Gasteiger partial charge in [-0.25, -0.2) is 15.0 Å². The molecule has 0 aliphatic carbocycles. The molecule has 1 aromatic carbocycles. The first-order valence-electron chi connectivity index (χ1n) is 9.29. The maximum atomic E-state index is 13.0. The molecule has 0 saturated heterocycles. The molecule has 0 spiro atoms. The van der Waals surface area contributed by atoms with Crippen LogP contribution in [0.25, 0.3) is 10.9 Å². The number of aromatic nitrogens is 2. The van der Waals surface area contributed by atoms with Crippen molar-refractivity contribution in [3.63, 3.8) is 0 Å². The number of carbonyl (C=O) groups excluding carboxylic acids is 1. The molecule has 0 radical (unpaired) electrons. The van der Waals surface area contributed by atoms with Gasteiger partial charge in [-0.2, -0.15) is 5.10 Å². The summed E-state index contributed by atoms with van der Waals surface area (Å²) in [7, 11) is 0. The maximum Gasteiger partial charge on any atom is 0.281 e. The van der Waals surface area contributed by atoms with Crippen molar-refractivity contribution in [1.82, 2.24) is 15.0 Å². The highest BCUT2D eigenvalue weighted by molar-refractivity contribution is 6.38. The number of halogens is 2. The van der Waals surface area contributed by atoms with E-state index in [2.05, 4.69) is 15.1 Å². The summed E-state index contributed by atoms with van der Waals surface area (Å²) in [6, 6.07) is 9.94. The Balaban J connectivity index is 1.41. The molecule has 1 amide bonds. The smallest absolute Gasteiger partial charge is 0.281 e. The molecule has 10 heteroatoms. The van der Waals surface area contributed by atoms with Gasteiger partial charge in [0, 0.05) is 11.4 Å². The van der Waals surface area contributed by atoms with Crippen molar-refractivity contribution in [2.75, 3.05) is 6.61 Å². The number of hydrogen-bond donors (Lipinski definition) is 0. The SMILES string of the molecule is O=C(COc1ncnc2c(Cl)cc(Cl)cc12)N1N=C(c2ccco2)CC1c1ccco1. The number of fused-ring (bicyclic) bond motifs is 1. The standard InChI is InChI=1S/C21H14Cl2N4O4/c22-12-7-13-20(14(23)8-12)24-11-25-21(13)31-10-19(28)27-16(18-4-2-6-30-18)9-15(26-27)17-3-1-5-29-17/h1-8,11,16H,9-10H2. The van der Waals surface area contributed by atoms with Gasteiger partial charge in [0.1, 0.15) is 29.6 Å². The number of nitrogens with zero attached hydrogens (tertiary/aromatic N) is 4. The Kier molecular flexibility index (Phi) is 5.09. The van der Waals surface area contributed by atoms with Gasteiger partial charge in [0.15, 0.2) is 6.61 Å². The minimum Gasteiger partial charge on any atom is -0.467 e. The zero-order chi connectivity index (χ0) is 21.4. The lowest BCUT2D eigenvalue weighted by molar-refractivity contribution is -0.135. The molecule has 4 aromatic rings. The van der Waals surface area contributed by atoms with Crippen molar-refractivity contribution in [2.45, 2.75) is 12.5 Å². The second-order valence-corrected chi connectivity index (χ2v) is 7.59. The van der Waals surface area contributed by atoms with Crippen LogP contribution in [0.3, 0.4) is 0 Å². The molecule has 1 atom stereocenters. The quantitative estimate of drug-likeness (QED) is 0.424. The molecule has 1 unspecified atom stereocenters. The van der Waals surface area contributed by atoms with Crippen LogP contribution in [0.4, 0.5) is 0 Å². The summed E-state index contributed by atoms with van der Waals surface area (Å²) in [5, 5.41) is 7.10. The fourth-order valence-electron chi connectivity index (χ4n) is 3.41. The van der Waals surface area contributed by atoms with Gasteiger partial charge in [0.2, 0.25) is 5.88 Å². The molecule has 1 aliphatic rings. The van der Waals surface area contributed by atoms with E-state index in [4.69, 9.17) is 36.8 Å². The molecular formula is C21H14Cl2N4O4. The number of furan rings is 2. The lowest BCUT2D eigenvalue weighted by atomic mass is 10.1. The molecule has 4 heterocycles. The van der Waals surface area contributed by atoms with Crippen LogP contribution in [0.1, 0.15) is 24.0 Å². The third kappa shape index (κ3) is 3.75. The number of hydrazone groups is 1. The Hall–Kier alpha value is -3.36. The number of amides is 1. The first-order valence-corrected chi connectivity index (χ1v) is 10.0. The van der Waals surface area contributed by atoms with E-state index in [1.807, 2.05) is 0 Å². The van der Waals surface area contributed by atoms with Crippen LogP contribution >= 0.6 is 23.2 Å². The number of ether oxygens (including phenoxy) is 1. The number of benzene rings is 1. The lowest BCUT2D eigenvalue weighted by Gasteiger charge is -2.20. The maximum absolute atomic E-state index is 13.0. The van der Waals surface area contributed by atoms with E-state index < -0.39 is 6.04 Å². The second kappa shape index (κ2) is 8.05. The topological polar surface area (TPSA) is 94.0 Å². The van der Waals surface area contributed by atoms with E-state index in [9.17, 15) is 4.79 Å². The zero-order valence-electron chi connectivity index (χ0n) is 15.9. The molecule has 0 fully saturated rings. The first-order chi connectivity index (χ1) is 15.1. The lowest BCUT2D eigenvalue weighted by Crippen LogP contribution is -2.31. The average Bonchev–Trinajstić information content (AvgIpc) is 3.53. The van der Waals surface area contributed by atoms with Gasteiger partial charge in [-0.1, -0.05) is 23.2 Å². The highest BCUT2D eigenvalue weighted by atomic mass is 35.5. The molecule has 5 rings (SSSR count). The van der Waals surface area contributed by atoms with Crippen molar-refractivity contribution < 1.29 is 18.4 Å². The van der Waals surface area contributed by atoms with Crippen LogP contribution in [0.2, 0.25) is 10.0 Å². The van der Waals surface area contributed by atoms with Crippen LogP contribution in [0, 0.1) is 0 Å². The van der Waals surface area contributed by atoms with Gasteiger partial charge in [-0.3, -0.25) is 4.79 Å². The van der Waals surface area contributed by atoms with Crippen molar-refractivity contribution in [2.24, 2.45) is 5.10 Å². The van der Waals surface area contributed by atoms with E-state index in [1.54, 1.807) is 48.9 Å². The summed E-state index contributed by atoms with van der Waals surface area (Å²) in [6.07, 6.45) is 4.88. The summed E-state index contributed by atoms with van der Waals surface area (Å²) in [6.45, 7) is -0.303. The van der Waals surface area contributed by atoms with Crippen molar-refractivity contribution in [1.29, 1.82) is 0 Å². The molecule has 156 valence electrons. The van der Waals surface area contributed by atoms with Crippen molar-refractivity contribution in [3.05, 3.63) is 76.8 Å². The monoisotopic (exact) mass is 456 g/mol. The summed E-state index contributed by atoms with van der Waals surface area (Å²) >= 11 is 12.3. The van der Waals surface area contributed by atoms with E-state index in [-0.39, 0.29) is 18.4 Å². The minimum atomic E-state index is -0.405. The molecule has 0 N–H and O–H groups in total. The van der Waals surface area contributed by atoms with Crippen molar-refractivity contribution >= 4 is 45.7 Å². The second-order valence-electron chi connectivity index (χ2n) is 6.75. The normalized spacial score (nSPS) is 16.0. The summed E-state index contributed by atoms with van der Waals surface area (Å²) in [5.41, 5.74) is 1.13. The average molecular weight is 457 g/mol. The third-order valence-electron chi connectivity index (χ3n) is 4.80. The van der Waals surface area contributed by atoms with Crippen LogP contribution in [-0.4, -0.2) is 33.2 Å². The zero-order valence-corrected chi connectivity index (χ0v) is 17.4. The number of carbonyl (C=O) groups is 1. The van der Waals surface area contributed by atoms with Gasteiger partial charge >= 0.3 is 0 Å². The number of hydrogen-bond acceptors (Lipinski definition) is 7. The van der Waals surface area contributed by atoms with E-state index >= 15 is 0 Å². The van der Waals surface area contributed by atoms with Gasteiger partial charge in [0.25, 0.3) is 5.91 Å². The minimum absolute atomic E-state index is 0.201. The Bertz CT molecular complexity index is 1270. The van der Waals surface area contributed by atoms with Crippen LogP contribution in [0.5, 0.6) is 5.88 Å². The molecule has 0 saturated carbocycles. The summed E-state index contributed by atoms with van der Waals surface area (Å²) in [4.78, 5) is 21.3. The Morgan fingerprint density at radius 3 is 2.77 bits per heavy atom. The van der Waals surface area contributed by atoms with E-state index in [1.165, 1.54) is 11.3 Å². The summed E-state index contributed by atoms with van der Waals surface area (Å²) in [5.74, 6) is 1.04. The highest BCUT2D eigenvalue weighted by Crippen LogP contribution is 2.34. The third-order valence-corrected chi connectivity index (χ3v) is 5.30. The van der Waals surface area contributed by atoms with Gasteiger partial charge in [-0.05, 0) is 36.4 Å². The Labute approximate surface area is 186 Å². The number of rotatable bonds is 5. The summed E-state index contributed by atoms with van der Waals surface area (Å²) < 4.78 is 16.7. The van der Waals surface area contributed by atoms with E-state index in [0.29, 0.717) is 44.6 Å². The van der Waals surface area contributed by atoms with Gasteiger partial charge in [-0.15, -0.1) is 0 Å². The molecular weight excluding hydrogens is 443 g/mol. The fraction of sp³-hybridized carbons (Fsp3) is 0.143. The Morgan fingerprint density at radius 1 is 1.16 bits per heavy atom. The Morgan fingerprint density at radius 2 is 2.00 bits per heavy atom. The predicted molar refractivity (Wildman–Crippen MR) is 113 cm³/mol. The fourth-order valence-corrected chi connectivity index (χ4v) is 3.96. The van der Waals surface area contributed by atoms with Gasteiger partial charge in [0.05, 0.1) is 28.5 Å². The van der Waals surface area contributed by atoms with E-state index in [0.717, 1.165) is 0 Å². The molecule has 31 heavy (non-hydrogen) atoms. The van der Waals surface area contributed by atoms with Gasteiger partial charge < -0.3 is 13.6 Å². The van der Waals surface area contributed by atoms with Crippen LogP contribution in [-0.2, 0) is 4.79 Å².